The van der Waals surface area contributed by atoms with E-state index in [0.717, 1.165) is 5.69 Å². The Kier molecular flexibility index (Phi) is 4.38. The van der Waals surface area contributed by atoms with Gasteiger partial charge in [0.15, 0.2) is 0 Å². The maximum absolute atomic E-state index is 12.7. The number of nitrogens with zero attached hydrogens (tertiary/aromatic N) is 3. The predicted molar refractivity (Wildman–Crippen MR) is 84.0 cm³/mol. The monoisotopic (exact) mass is 314 g/mol. The van der Waals surface area contributed by atoms with E-state index in [0.29, 0.717) is 37.0 Å². The smallest absolute Gasteiger partial charge is 0.259 e. The van der Waals surface area contributed by atoms with Crippen LogP contribution in [0.25, 0.3) is 0 Å². The Morgan fingerprint density at radius 2 is 2.26 bits per heavy atom. The molecule has 1 amide bonds. The molecule has 1 fully saturated rings. The second kappa shape index (κ2) is 6.62. The summed E-state index contributed by atoms with van der Waals surface area (Å²) in [7, 11) is 1.50. The van der Waals surface area contributed by atoms with Gasteiger partial charge in [-0.25, -0.2) is 9.97 Å². The SMILES string of the molecule is COc1ncccc1C(=O)N1CCOC(c2cccc(N)n2)C1. The van der Waals surface area contributed by atoms with E-state index in [1.54, 1.807) is 29.3 Å². The highest BCUT2D eigenvalue weighted by molar-refractivity contribution is 5.96. The van der Waals surface area contributed by atoms with Crippen LogP contribution in [-0.4, -0.2) is 47.6 Å². The molecule has 0 saturated carbocycles. The number of pyridine rings is 2. The first-order valence-electron chi connectivity index (χ1n) is 7.31. The molecular weight excluding hydrogens is 296 g/mol. The summed E-state index contributed by atoms with van der Waals surface area (Å²) in [5, 5.41) is 0. The van der Waals surface area contributed by atoms with E-state index in [1.807, 2.05) is 12.1 Å². The van der Waals surface area contributed by atoms with Gasteiger partial charge in [-0.2, -0.15) is 0 Å². The van der Waals surface area contributed by atoms with Gasteiger partial charge in [-0.05, 0) is 24.3 Å². The number of ether oxygens (including phenoxy) is 2. The van der Waals surface area contributed by atoms with Gasteiger partial charge in [-0.15, -0.1) is 0 Å². The first-order valence-corrected chi connectivity index (χ1v) is 7.31. The highest BCUT2D eigenvalue weighted by Gasteiger charge is 2.28. The maximum atomic E-state index is 12.7. The van der Waals surface area contributed by atoms with Crippen molar-refractivity contribution in [3.63, 3.8) is 0 Å². The second-order valence-electron chi connectivity index (χ2n) is 5.16. The zero-order valence-corrected chi connectivity index (χ0v) is 12.8. The summed E-state index contributed by atoms with van der Waals surface area (Å²) in [6, 6.07) is 8.81. The average molecular weight is 314 g/mol. The lowest BCUT2D eigenvalue weighted by atomic mass is 10.1. The lowest BCUT2D eigenvalue weighted by molar-refractivity contribution is -0.0247. The van der Waals surface area contributed by atoms with Crippen LogP contribution < -0.4 is 10.5 Å². The van der Waals surface area contributed by atoms with Crippen molar-refractivity contribution in [1.29, 1.82) is 0 Å². The first kappa shape index (κ1) is 15.2. The van der Waals surface area contributed by atoms with Crippen molar-refractivity contribution in [3.05, 3.63) is 47.8 Å². The molecule has 0 aromatic carbocycles. The minimum absolute atomic E-state index is 0.132. The standard InChI is InChI=1S/C16H18N4O3/c1-22-15-11(4-3-7-18-15)16(21)20-8-9-23-13(10-20)12-5-2-6-14(17)19-12/h2-7,13H,8-10H2,1H3,(H2,17,19). The summed E-state index contributed by atoms with van der Waals surface area (Å²) < 4.78 is 10.9. The molecule has 7 nitrogen and oxygen atoms in total. The molecule has 1 aliphatic rings. The van der Waals surface area contributed by atoms with Crippen molar-refractivity contribution in [3.8, 4) is 5.88 Å². The van der Waals surface area contributed by atoms with Crippen molar-refractivity contribution in [2.75, 3.05) is 32.5 Å². The molecule has 3 heterocycles. The summed E-state index contributed by atoms with van der Waals surface area (Å²) in [5.41, 5.74) is 6.88. The number of rotatable bonds is 3. The number of carbonyl (C=O) groups excluding carboxylic acids is 1. The zero-order valence-electron chi connectivity index (χ0n) is 12.8. The fraction of sp³-hybridized carbons (Fsp3) is 0.312. The molecule has 1 aliphatic heterocycles. The molecule has 0 spiro atoms. The number of hydrogen-bond acceptors (Lipinski definition) is 6. The normalized spacial score (nSPS) is 17.8. The molecule has 0 bridgehead atoms. The topological polar surface area (TPSA) is 90.6 Å². The Balaban J connectivity index is 1.79. The van der Waals surface area contributed by atoms with Gasteiger partial charge in [0.25, 0.3) is 5.91 Å². The number of nitrogens with two attached hydrogens (primary N) is 1. The molecule has 23 heavy (non-hydrogen) atoms. The fourth-order valence-corrected chi connectivity index (χ4v) is 2.55. The number of hydrogen-bond donors (Lipinski definition) is 1. The minimum Gasteiger partial charge on any atom is -0.480 e. The lowest BCUT2D eigenvalue weighted by Gasteiger charge is -2.32. The van der Waals surface area contributed by atoms with Gasteiger partial charge in [0, 0.05) is 12.7 Å². The Labute approximate surface area is 134 Å². The van der Waals surface area contributed by atoms with E-state index in [9.17, 15) is 4.79 Å². The van der Waals surface area contributed by atoms with Crippen molar-refractivity contribution in [1.82, 2.24) is 14.9 Å². The Hall–Kier alpha value is -2.67. The van der Waals surface area contributed by atoms with Crippen molar-refractivity contribution < 1.29 is 14.3 Å². The van der Waals surface area contributed by atoms with Crippen molar-refractivity contribution in [2.24, 2.45) is 0 Å². The van der Waals surface area contributed by atoms with E-state index < -0.39 is 0 Å². The van der Waals surface area contributed by atoms with E-state index in [1.165, 1.54) is 7.11 Å². The summed E-state index contributed by atoms with van der Waals surface area (Å²) in [6.45, 7) is 1.36. The Bertz CT molecular complexity index is 707. The van der Waals surface area contributed by atoms with E-state index in [2.05, 4.69) is 9.97 Å². The van der Waals surface area contributed by atoms with Crippen molar-refractivity contribution >= 4 is 11.7 Å². The predicted octanol–water partition coefficient (Wildman–Crippen LogP) is 1.28. The van der Waals surface area contributed by atoms with Crippen LogP contribution in [0.1, 0.15) is 22.2 Å². The van der Waals surface area contributed by atoms with Crippen LogP contribution in [0.5, 0.6) is 5.88 Å². The highest BCUT2D eigenvalue weighted by atomic mass is 16.5. The minimum atomic E-state index is -0.293. The molecule has 7 heteroatoms. The maximum Gasteiger partial charge on any atom is 0.259 e. The zero-order chi connectivity index (χ0) is 16.2. The molecule has 1 unspecified atom stereocenters. The number of methoxy groups -OCH3 is 1. The van der Waals surface area contributed by atoms with Gasteiger partial charge < -0.3 is 20.1 Å². The van der Waals surface area contributed by atoms with Gasteiger partial charge in [0.1, 0.15) is 17.5 Å². The summed E-state index contributed by atoms with van der Waals surface area (Å²) in [6.07, 6.45) is 1.30. The van der Waals surface area contributed by atoms with Crippen molar-refractivity contribution in [2.45, 2.75) is 6.10 Å². The van der Waals surface area contributed by atoms with Gasteiger partial charge in [0.2, 0.25) is 5.88 Å². The van der Waals surface area contributed by atoms with Gasteiger partial charge in [-0.1, -0.05) is 6.07 Å². The quantitative estimate of drug-likeness (QED) is 0.918. The van der Waals surface area contributed by atoms with E-state index in [-0.39, 0.29) is 12.0 Å². The Morgan fingerprint density at radius 1 is 1.39 bits per heavy atom. The number of anilines is 1. The van der Waals surface area contributed by atoms with Crippen LogP contribution in [0.2, 0.25) is 0 Å². The summed E-state index contributed by atoms with van der Waals surface area (Å²) in [5.74, 6) is 0.623. The molecule has 2 aromatic heterocycles. The van der Waals surface area contributed by atoms with Gasteiger partial charge >= 0.3 is 0 Å². The fourth-order valence-electron chi connectivity index (χ4n) is 2.55. The number of nitrogen functional groups attached to an aromatic ring is 1. The van der Waals surface area contributed by atoms with Gasteiger partial charge in [0.05, 0.1) is 26.0 Å². The second-order valence-corrected chi connectivity index (χ2v) is 5.16. The number of aromatic nitrogens is 2. The average Bonchev–Trinajstić information content (AvgIpc) is 2.61. The van der Waals surface area contributed by atoms with Crippen LogP contribution in [-0.2, 0) is 4.74 Å². The third-order valence-corrected chi connectivity index (χ3v) is 3.67. The third-order valence-electron chi connectivity index (χ3n) is 3.67. The molecule has 120 valence electrons. The van der Waals surface area contributed by atoms with E-state index in [4.69, 9.17) is 15.2 Å². The lowest BCUT2D eigenvalue weighted by Crippen LogP contribution is -2.42. The number of amides is 1. The van der Waals surface area contributed by atoms with Crippen LogP contribution >= 0.6 is 0 Å². The molecule has 3 rings (SSSR count). The third kappa shape index (κ3) is 3.24. The molecule has 0 aliphatic carbocycles. The summed E-state index contributed by atoms with van der Waals surface area (Å²) in [4.78, 5) is 22.8. The van der Waals surface area contributed by atoms with Crippen LogP contribution in [0.15, 0.2) is 36.5 Å². The number of carbonyl (C=O) groups is 1. The highest BCUT2D eigenvalue weighted by Crippen LogP contribution is 2.24. The number of morpholine rings is 1. The van der Waals surface area contributed by atoms with Crippen LogP contribution in [0.4, 0.5) is 5.82 Å². The largest absolute Gasteiger partial charge is 0.480 e. The first-order chi connectivity index (χ1) is 11.2. The summed E-state index contributed by atoms with van der Waals surface area (Å²) >= 11 is 0. The van der Waals surface area contributed by atoms with Crippen LogP contribution in [0.3, 0.4) is 0 Å². The molecule has 1 saturated heterocycles. The van der Waals surface area contributed by atoms with E-state index >= 15 is 0 Å². The van der Waals surface area contributed by atoms with Crippen LogP contribution in [0, 0.1) is 0 Å². The molecule has 2 aromatic rings. The van der Waals surface area contributed by atoms with Gasteiger partial charge in [-0.3, -0.25) is 4.79 Å². The Morgan fingerprint density at radius 3 is 3.04 bits per heavy atom. The molecular formula is C16H18N4O3. The molecule has 1 atom stereocenters. The molecule has 0 radical (unpaired) electrons. The molecule has 2 N–H and O–H groups in total.